The van der Waals surface area contributed by atoms with Crippen LogP contribution in [0.2, 0.25) is 0 Å². The summed E-state index contributed by atoms with van der Waals surface area (Å²) in [7, 11) is 0. The fraction of sp³-hybridized carbons (Fsp3) is 0.200. The molecule has 0 spiro atoms. The highest BCUT2D eigenvalue weighted by Crippen LogP contribution is 2.36. The van der Waals surface area contributed by atoms with Crippen LogP contribution in [0.4, 0.5) is 0 Å². The highest BCUT2D eigenvalue weighted by Gasteiger charge is 2.21. The molecule has 0 saturated carbocycles. The van der Waals surface area contributed by atoms with Gasteiger partial charge in [-0.3, -0.25) is 0 Å². The van der Waals surface area contributed by atoms with E-state index in [2.05, 4.69) is 69.3 Å². The Balaban J connectivity index is 2.26. The van der Waals surface area contributed by atoms with Crippen LogP contribution in [-0.4, -0.2) is 12.4 Å². The molecule has 3 aromatic carbocycles. The molecule has 0 aliphatic heterocycles. The van der Waals surface area contributed by atoms with Gasteiger partial charge in [0.15, 0.2) is 0 Å². The molecule has 136 valence electrons. The lowest BCUT2D eigenvalue weighted by atomic mass is 9.80. The van der Waals surface area contributed by atoms with Gasteiger partial charge in [-0.05, 0) is 76.9 Å². The van der Waals surface area contributed by atoms with Crippen molar-refractivity contribution in [3.8, 4) is 0 Å². The van der Waals surface area contributed by atoms with Gasteiger partial charge in [-0.15, -0.1) is 0 Å². The molecule has 27 heavy (non-hydrogen) atoms. The van der Waals surface area contributed by atoms with Crippen molar-refractivity contribution in [3.05, 3.63) is 105 Å². The molecular weight excluding hydrogens is 328 g/mol. The first kappa shape index (κ1) is 18.8. The molecule has 2 N–H and O–H groups in total. The molecular formula is C25H26N2. The molecule has 0 saturated heterocycles. The van der Waals surface area contributed by atoms with Gasteiger partial charge in [-0.1, -0.05) is 55.5 Å². The molecule has 0 bridgehead atoms. The Morgan fingerprint density at radius 2 is 1.22 bits per heavy atom. The van der Waals surface area contributed by atoms with E-state index in [0.29, 0.717) is 0 Å². The normalized spacial score (nSPS) is 11.8. The summed E-state index contributed by atoms with van der Waals surface area (Å²) in [6, 6.07) is 21.3. The zero-order valence-electron chi connectivity index (χ0n) is 16.2. The second-order valence-corrected chi connectivity index (χ2v) is 7.05. The van der Waals surface area contributed by atoms with Gasteiger partial charge in [0.1, 0.15) is 0 Å². The fourth-order valence-electron chi connectivity index (χ4n) is 3.59. The lowest BCUT2D eigenvalue weighted by Gasteiger charge is -2.24. The van der Waals surface area contributed by atoms with Crippen molar-refractivity contribution in [2.75, 3.05) is 0 Å². The van der Waals surface area contributed by atoms with Crippen LogP contribution in [0.5, 0.6) is 0 Å². The molecule has 0 atom stereocenters. The first-order valence-corrected chi connectivity index (χ1v) is 9.38. The molecule has 0 aromatic heterocycles. The van der Waals surface area contributed by atoms with Crippen LogP contribution in [0, 0.1) is 24.7 Å². The summed E-state index contributed by atoms with van der Waals surface area (Å²) in [5, 5.41) is 15.3. The van der Waals surface area contributed by atoms with Crippen molar-refractivity contribution in [1.29, 1.82) is 10.8 Å². The van der Waals surface area contributed by atoms with Crippen LogP contribution in [0.25, 0.3) is 0 Å². The minimum Gasteiger partial charge on any atom is -0.308 e. The highest BCUT2D eigenvalue weighted by atomic mass is 14.3. The molecule has 0 radical (unpaired) electrons. The second kappa shape index (κ2) is 8.13. The standard InChI is InChI=1S/C25H26N2/c1-4-19-9-11-22(12-10-19)25(23-13-20(15-26)7-5-17(23)2)24-14-21(16-27)8-6-18(24)3/h5-16,25-27H,4H2,1-3H3. The molecule has 0 aliphatic rings. The number of hydrogen-bond acceptors (Lipinski definition) is 2. The Kier molecular flexibility index (Phi) is 5.66. The Bertz CT molecular complexity index is 911. The van der Waals surface area contributed by atoms with E-state index < -0.39 is 0 Å². The third-order valence-electron chi connectivity index (χ3n) is 5.28. The van der Waals surface area contributed by atoms with Crippen LogP contribution >= 0.6 is 0 Å². The van der Waals surface area contributed by atoms with Crippen LogP contribution in [-0.2, 0) is 6.42 Å². The number of rotatable bonds is 6. The van der Waals surface area contributed by atoms with Crippen molar-refractivity contribution in [1.82, 2.24) is 0 Å². The topological polar surface area (TPSA) is 47.7 Å². The van der Waals surface area contributed by atoms with Crippen LogP contribution in [0.1, 0.15) is 57.3 Å². The summed E-state index contributed by atoms with van der Waals surface area (Å²) in [6.45, 7) is 6.43. The third-order valence-corrected chi connectivity index (χ3v) is 5.28. The van der Waals surface area contributed by atoms with Crippen molar-refractivity contribution in [2.24, 2.45) is 0 Å². The van der Waals surface area contributed by atoms with Gasteiger partial charge in [0, 0.05) is 18.3 Å². The van der Waals surface area contributed by atoms with Crippen molar-refractivity contribution >= 4 is 12.4 Å². The molecule has 3 aromatic rings. The number of aryl methyl sites for hydroxylation is 3. The smallest absolute Gasteiger partial charge is 0.0345 e. The van der Waals surface area contributed by atoms with Crippen LogP contribution in [0.15, 0.2) is 60.7 Å². The van der Waals surface area contributed by atoms with Gasteiger partial charge in [0.2, 0.25) is 0 Å². The zero-order chi connectivity index (χ0) is 19.4. The Labute approximate surface area is 161 Å². The number of nitrogens with one attached hydrogen (secondary N) is 2. The highest BCUT2D eigenvalue weighted by molar-refractivity contribution is 5.79. The van der Waals surface area contributed by atoms with Gasteiger partial charge in [0.25, 0.3) is 0 Å². The van der Waals surface area contributed by atoms with Gasteiger partial charge in [0.05, 0.1) is 0 Å². The van der Waals surface area contributed by atoms with E-state index in [-0.39, 0.29) is 5.92 Å². The van der Waals surface area contributed by atoms with E-state index >= 15 is 0 Å². The summed E-state index contributed by atoms with van der Waals surface area (Å²) in [4.78, 5) is 0. The molecule has 0 heterocycles. The quantitative estimate of drug-likeness (QED) is 0.400. The maximum absolute atomic E-state index is 7.67. The summed E-state index contributed by atoms with van der Waals surface area (Å²) in [5.74, 6) is 0.0794. The molecule has 0 aliphatic carbocycles. The lowest BCUT2D eigenvalue weighted by Crippen LogP contribution is -2.09. The summed E-state index contributed by atoms with van der Waals surface area (Å²) in [5.41, 5.74) is 9.24. The average Bonchev–Trinajstić information content (AvgIpc) is 2.71. The Hall–Kier alpha value is -3.00. The van der Waals surface area contributed by atoms with E-state index in [9.17, 15) is 0 Å². The Morgan fingerprint density at radius 1 is 0.741 bits per heavy atom. The monoisotopic (exact) mass is 354 g/mol. The first-order chi connectivity index (χ1) is 13.1. The van der Waals surface area contributed by atoms with E-state index in [4.69, 9.17) is 10.8 Å². The summed E-state index contributed by atoms with van der Waals surface area (Å²) in [6.07, 6.45) is 3.83. The second-order valence-electron chi connectivity index (χ2n) is 7.05. The van der Waals surface area contributed by atoms with Crippen molar-refractivity contribution in [3.63, 3.8) is 0 Å². The van der Waals surface area contributed by atoms with Crippen molar-refractivity contribution in [2.45, 2.75) is 33.1 Å². The largest absolute Gasteiger partial charge is 0.308 e. The van der Waals surface area contributed by atoms with Crippen LogP contribution < -0.4 is 0 Å². The molecule has 0 fully saturated rings. The van der Waals surface area contributed by atoms with E-state index in [1.807, 2.05) is 12.1 Å². The molecule has 0 amide bonds. The molecule has 0 unspecified atom stereocenters. The zero-order valence-corrected chi connectivity index (χ0v) is 16.2. The van der Waals surface area contributed by atoms with E-state index in [1.165, 1.54) is 45.8 Å². The third kappa shape index (κ3) is 3.90. The number of hydrogen-bond donors (Lipinski definition) is 2. The maximum Gasteiger partial charge on any atom is 0.0345 e. The molecule has 2 nitrogen and oxygen atoms in total. The minimum absolute atomic E-state index is 0.0794. The van der Waals surface area contributed by atoms with E-state index in [0.717, 1.165) is 17.5 Å². The fourth-order valence-corrected chi connectivity index (χ4v) is 3.59. The molecule has 3 rings (SSSR count). The SMILES string of the molecule is CCc1ccc(C(c2cc(C=N)ccc2C)c2cc(C=N)ccc2C)cc1. The minimum atomic E-state index is 0.0794. The summed E-state index contributed by atoms with van der Waals surface area (Å²) >= 11 is 0. The lowest BCUT2D eigenvalue weighted by molar-refractivity contribution is 0.945. The number of benzene rings is 3. The maximum atomic E-state index is 7.67. The van der Waals surface area contributed by atoms with E-state index in [1.54, 1.807) is 0 Å². The summed E-state index contributed by atoms with van der Waals surface area (Å²) < 4.78 is 0. The van der Waals surface area contributed by atoms with Crippen LogP contribution in [0.3, 0.4) is 0 Å². The first-order valence-electron chi connectivity index (χ1n) is 9.38. The van der Waals surface area contributed by atoms with Crippen molar-refractivity contribution < 1.29 is 0 Å². The van der Waals surface area contributed by atoms with Gasteiger partial charge >= 0.3 is 0 Å². The van der Waals surface area contributed by atoms with Gasteiger partial charge in [-0.2, -0.15) is 0 Å². The predicted octanol–water partition coefficient (Wildman–Crippen LogP) is 6.04. The molecule has 2 heteroatoms. The predicted molar refractivity (Wildman–Crippen MR) is 115 cm³/mol. The van der Waals surface area contributed by atoms with Gasteiger partial charge in [-0.25, -0.2) is 0 Å². The van der Waals surface area contributed by atoms with Gasteiger partial charge < -0.3 is 10.8 Å². The Morgan fingerprint density at radius 3 is 1.63 bits per heavy atom. The average molecular weight is 354 g/mol.